The molecule has 0 aliphatic rings. The highest BCUT2D eigenvalue weighted by Crippen LogP contribution is 2.29. The van der Waals surface area contributed by atoms with Crippen molar-refractivity contribution < 1.29 is 8.42 Å². The van der Waals surface area contributed by atoms with Crippen molar-refractivity contribution in [1.29, 1.82) is 0 Å². The largest absolute Gasteiger partial charge is 0.264 e. The number of nitrogens with zero attached hydrogens (tertiary/aromatic N) is 1. The molecular weight excluding hydrogens is 350 g/mol. The molecule has 6 heteroatoms. The van der Waals surface area contributed by atoms with Crippen LogP contribution in [0.15, 0.2) is 64.9 Å². The predicted molar refractivity (Wildman–Crippen MR) is 99.1 cm³/mol. The molecule has 0 fully saturated rings. The molecule has 0 amide bonds. The molecule has 0 N–H and O–H groups in total. The fourth-order valence-corrected chi connectivity index (χ4v) is 4.35. The average Bonchev–Trinajstić information content (AvgIpc) is 2.53. The number of benzene rings is 2. The van der Waals surface area contributed by atoms with Crippen LogP contribution in [0, 0.1) is 6.92 Å². The van der Waals surface area contributed by atoms with Crippen molar-refractivity contribution in [3.05, 3.63) is 65.7 Å². The maximum absolute atomic E-state index is 13.0. The molecule has 0 saturated carbocycles. The van der Waals surface area contributed by atoms with Crippen LogP contribution in [0.4, 0.5) is 5.69 Å². The summed E-state index contributed by atoms with van der Waals surface area (Å²) >= 11 is 7.54. The number of rotatable bonds is 6. The van der Waals surface area contributed by atoms with Crippen LogP contribution >= 0.6 is 23.4 Å². The molecule has 122 valence electrons. The first kappa shape index (κ1) is 17.9. The number of sulfonamides is 1. The third-order valence-corrected chi connectivity index (χ3v) is 6.14. The number of hydrogen-bond acceptors (Lipinski definition) is 3. The second kappa shape index (κ2) is 7.43. The van der Waals surface area contributed by atoms with Crippen molar-refractivity contribution >= 4 is 39.1 Å². The third kappa shape index (κ3) is 3.91. The zero-order chi connectivity index (χ0) is 17.0. The van der Waals surface area contributed by atoms with Gasteiger partial charge in [-0.25, -0.2) is 8.42 Å². The summed E-state index contributed by atoms with van der Waals surface area (Å²) < 4.78 is 27.3. The van der Waals surface area contributed by atoms with Crippen LogP contribution in [0.25, 0.3) is 0 Å². The van der Waals surface area contributed by atoms with Gasteiger partial charge in [-0.1, -0.05) is 17.7 Å². The van der Waals surface area contributed by atoms with E-state index in [9.17, 15) is 8.42 Å². The van der Waals surface area contributed by atoms with Gasteiger partial charge in [0.25, 0.3) is 10.0 Å². The molecule has 0 aliphatic carbocycles. The Bertz CT molecular complexity index is 802. The molecule has 2 aromatic rings. The maximum atomic E-state index is 13.0. The Morgan fingerprint density at radius 3 is 2.39 bits per heavy atom. The number of hydrogen-bond donors (Lipinski definition) is 0. The summed E-state index contributed by atoms with van der Waals surface area (Å²) in [7, 11) is -3.67. The molecule has 3 nitrogen and oxygen atoms in total. The number of anilines is 1. The topological polar surface area (TPSA) is 37.4 Å². The summed E-state index contributed by atoms with van der Waals surface area (Å²) in [6.45, 7) is 5.70. The molecule has 0 radical (unpaired) electrons. The Balaban J connectivity index is 2.51. The fraction of sp³-hybridized carbons (Fsp3) is 0.176. The molecule has 2 rings (SSSR count). The van der Waals surface area contributed by atoms with E-state index < -0.39 is 10.0 Å². The number of aryl methyl sites for hydroxylation is 1. The van der Waals surface area contributed by atoms with Crippen molar-refractivity contribution in [2.24, 2.45) is 0 Å². The lowest BCUT2D eigenvalue weighted by molar-refractivity contribution is 0.592. The highest BCUT2D eigenvalue weighted by atomic mass is 35.5. The molecule has 0 heterocycles. The first-order chi connectivity index (χ1) is 10.9. The van der Waals surface area contributed by atoms with Crippen molar-refractivity contribution in [3.63, 3.8) is 0 Å². The van der Waals surface area contributed by atoms with Gasteiger partial charge in [-0.3, -0.25) is 4.31 Å². The van der Waals surface area contributed by atoms with Gasteiger partial charge in [0.2, 0.25) is 0 Å². The van der Waals surface area contributed by atoms with Crippen LogP contribution in [0.2, 0.25) is 5.02 Å². The number of thioether (sulfide) groups is 1. The van der Waals surface area contributed by atoms with Crippen LogP contribution in [-0.2, 0) is 10.0 Å². The SMILES string of the molecule is C=CCN(c1ccc(Cl)cc1C)S(=O)(=O)c1ccc(SC)cc1. The van der Waals surface area contributed by atoms with E-state index >= 15 is 0 Å². The smallest absolute Gasteiger partial charge is 0.262 e. The van der Waals surface area contributed by atoms with E-state index in [1.807, 2.05) is 13.2 Å². The van der Waals surface area contributed by atoms with Crippen molar-refractivity contribution in [3.8, 4) is 0 Å². The fourth-order valence-electron chi connectivity index (χ4n) is 2.22. The van der Waals surface area contributed by atoms with E-state index in [4.69, 9.17) is 11.6 Å². The lowest BCUT2D eigenvalue weighted by Gasteiger charge is -2.25. The van der Waals surface area contributed by atoms with E-state index in [1.165, 1.54) is 4.31 Å². The second-order valence-electron chi connectivity index (χ2n) is 4.93. The average molecular weight is 368 g/mol. The Morgan fingerprint density at radius 2 is 1.87 bits per heavy atom. The summed E-state index contributed by atoms with van der Waals surface area (Å²) in [5.74, 6) is 0. The monoisotopic (exact) mass is 367 g/mol. The molecule has 2 aromatic carbocycles. The van der Waals surface area contributed by atoms with Crippen molar-refractivity contribution in [1.82, 2.24) is 0 Å². The minimum absolute atomic E-state index is 0.190. The van der Waals surface area contributed by atoms with Gasteiger partial charge in [-0.2, -0.15) is 0 Å². The second-order valence-corrected chi connectivity index (χ2v) is 8.11. The summed E-state index contributed by atoms with van der Waals surface area (Å²) in [4.78, 5) is 1.27. The molecule has 0 saturated heterocycles. The van der Waals surface area contributed by atoms with Crippen LogP contribution in [0.5, 0.6) is 0 Å². The molecular formula is C17H18ClNO2S2. The Morgan fingerprint density at radius 1 is 1.22 bits per heavy atom. The lowest BCUT2D eigenvalue weighted by atomic mass is 10.2. The molecule has 23 heavy (non-hydrogen) atoms. The lowest BCUT2D eigenvalue weighted by Crippen LogP contribution is -2.31. The van der Waals surface area contributed by atoms with Gasteiger partial charge in [-0.15, -0.1) is 18.3 Å². The minimum atomic E-state index is -3.67. The van der Waals surface area contributed by atoms with Crippen molar-refractivity contribution in [2.45, 2.75) is 16.7 Å². The molecule has 0 bridgehead atoms. The standard InChI is InChI=1S/C17H18ClNO2S2/c1-4-11-19(17-10-5-14(18)12-13(17)2)23(20,21)16-8-6-15(22-3)7-9-16/h4-10,12H,1,11H2,2-3H3. The zero-order valence-electron chi connectivity index (χ0n) is 13.0. The van der Waals surface area contributed by atoms with Crippen LogP contribution in [-0.4, -0.2) is 21.2 Å². The van der Waals surface area contributed by atoms with Gasteiger partial charge in [-0.05, 0) is 61.2 Å². The molecule has 0 aliphatic heterocycles. The summed E-state index contributed by atoms with van der Waals surface area (Å²) in [6.07, 6.45) is 3.52. The Hall–Kier alpha value is -1.43. The third-order valence-electron chi connectivity index (χ3n) is 3.37. The van der Waals surface area contributed by atoms with Crippen molar-refractivity contribution in [2.75, 3.05) is 17.1 Å². The number of halogens is 1. The van der Waals surface area contributed by atoms with E-state index in [2.05, 4.69) is 6.58 Å². The molecule has 0 atom stereocenters. The first-order valence-corrected chi connectivity index (χ1v) is 9.98. The predicted octanol–water partition coefficient (Wildman–Crippen LogP) is 4.75. The van der Waals surface area contributed by atoms with E-state index in [-0.39, 0.29) is 11.4 Å². The Labute approximate surface area is 147 Å². The highest BCUT2D eigenvalue weighted by Gasteiger charge is 2.25. The van der Waals surface area contributed by atoms with Gasteiger partial charge in [0.15, 0.2) is 0 Å². The van der Waals surface area contributed by atoms with E-state index in [0.29, 0.717) is 10.7 Å². The minimum Gasteiger partial charge on any atom is -0.262 e. The first-order valence-electron chi connectivity index (χ1n) is 6.94. The van der Waals surface area contributed by atoms with Crippen LogP contribution in [0.1, 0.15) is 5.56 Å². The Kier molecular flexibility index (Phi) is 5.79. The highest BCUT2D eigenvalue weighted by molar-refractivity contribution is 7.98. The van der Waals surface area contributed by atoms with Crippen LogP contribution < -0.4 is 4.31 Å². The van der Waals surface area contributed by atoms with Gasteiger partial charge >= 0.3 is 0 Å². The molecule has 0 aromatic heterocycles. The van der Waals surface area contributed by atoms with Gasteiger partial charge in [0.05, 0.1) is 17.1 Å². The quantitative estimate of drug-likeness (QED) is 0.546. The van der Waals surface area contributed by atoms with E-state index in [0.717, 1.165) is 10.5 Å². The van der Waals surface area contributed by atoms with Gasteiger partial charge in [0, 0.05) is 9.92 Å². The van der Waals surface area contributed by atoms with Crippen LogP contribution in [0.3, 0.4) is 0 Å². The summed E-state index contributed by atoms with van der Waals surface area (Å²) in [5, 5.41) is 0.575. The maximum Gasteiger partial charge on any atom is 0.264 e. The van der Waals surface area contributed by atoms with Gasteiger partial charge < -0.3 is 0 Å². The zero-order valence-corrected chi connectivity index (χ0v) is 15.4. The van der Waals surface area contributed by atoms with Gasteiger partial charge in [0.1, 0.15) is 0 Å². The molecule has 0 spiro atoms. The molecule has 0 unspecified atom stereocenters. The summed E-state index contributed by atoms with van der Waals surface area (Å²) in [6, 6.07) is 12.0. The normalized spacial score (nSPS) is 11.3. The summed E-state index contributed by atoms with van der Waals surface area (Å²) in [5.41, 5.74) is 1.40. The van der Waals surface area contributed by atoms with E-state index in [1.54, 1.807) is 60.3 Å².